The van der Waals surface area contributed by atoms with Crippen LogP contribution in [0.1, 0.15) is 6.42 Å². The highest BCUT2D eigenvalue weighted by atomic mass is 79.9. The molecule has 0 radical (unpaired) electrons. The van der Waals surface area contributed by atoms with E-state index in [1.165, 1.54) is 17.9 Å². The van der Waals surface area contributed by atoms with Crippen LogP contribution >= 0.6 is 39.0 Å². The highest BCUT2D eigenvalue weighted by Crippen LogP contribution is 2.25. The molecule has 1 aliphatic heterocycles. The molecular weight excluding hydrogens is 268 g/mol. The third-order valence-corrected chi connectivity index (χ3v) is 4.78. The summed E-state index contributed by atoms with van der Waals surface area (Å²) in [5.74, 6) is 3.47. The van der Waals surface area contributed by atoms with Crippen LogP contribution in [0, 0.1) is 5.92 Å². The van der Waals surface area contributed by atoms with Crippen molar-refractivity contribution in [3.63, 3.8) is 0 Å². The van der Waals surface area contributed by atoms with Gasteiger partial charge in [0, 0.05) is 11.9 Å². The normalized spacial score (nSPS) is 22.1. The first kappa shape index (κ1) is 9.80. The first-order chi connectivity index (χ1) is 6.34. The number of thioether (sulfide) groups is 1. The molecule has 1 N–H and O–H groups in total. The fourth-order valence-corrected chi connectivity index (χ4v) is 3.75. The maximum atomic E-state index is 4.29. The van der Waals surface area contributed by atoms with Gasteiger partial charge in [-0.3, -0.25) is 0 Å². The Labute approximate surface area is 94.7 Å². The summed E-state index contributed by atoms with van der Waals surface area (Å²) in [6, 6.07) is 0. The zero-order valence-corrected chi connectivity index (χ0v) is 10.3. The van der Waals surface area contributed by atoms with Gasteiger partial charge in [0.2, 0.25) is 0 Å². The largest absolute Gasteiger partial charge is 0.361 e. The van der Waals surface area contributed by atoms with Gasteiger partial charge in [-0.25, -0.2) is 4.98 Å². The molecule has 0 aliphatic carbocycles. The SMILES string of the molecule is Brc1csc(NCC2CCSC2)n1. The summed E-state index contributed by atoms with van der Waals surface area (Å²) in [7, 11) is 0. The molecule has 0 saturated carbocycles. The van der Waals surface area contributed by atoms with Crippen molar-refractivity contribution >= 4 is 44.2 Å². The first-order valence-electron chi connectivity index (χ1n) is 4.27. The Bertz CT molecular complexity index is 271. The zero-order chi connectivity index (χ0) is 9.10. The fraction of sp³-hybridized carbons (Fsp3) is 0.625. The van der Waals surface area contributed by atoms with Gasteiger partial charge in [-0.15, -0.1) is 11.3 Å². The van der Waals surface area contributed by atoms with E-state index in [2.05, 4.69) is 38.0 Å². The average Bonchev–Trinajstić information content (AvgIpc) is 2.71. The molecule has 1 aromatic heterocycles. The molecule has 1 aliphatic rings. The van der Waals surface area contributed by atoms with E-state index in [0.717, 1.165) is 22.2 Å². The van der Waals surface area contributed by atoms with Crippen molar-refractivity contribution in [2.24, 2.45) is 5.92 Å². The van der Waals surface area contributed by atoms with Gasteiger partial charge in [0.1, 0.15) is 4.60 Å². The van der Waals surface area contributed by atoms with Crippen molar-refractivity contribution < 1.29 is 0 Å². The summed E-state index contributed by atoms with van der Waals surface area (Å²) >= 11 is 7.05. The molecule has 0 bridgehead atoms. The number of hydrogen-bond donors (Lipinski definition) is 1. The molecule has 0 spiro atoms. The zero-order valence-electron chi connectivity index (χ0n) is 7.12. The average molecular weight is 279 g/mol. The van der Waals surface area contributed by atoms with Crippen LogP contribution in [0.15, 0.2) is 9.98 Å². The number of thiazole rings is 1. The van der Waals surface area contributed by atoms with Gasteiger partial charge < -0.3 is 5.32 Å². The predicted octanol–water partition coefficient (Wildman–Crippen LogP) is 3.07. The molecule has 2 rings (SSSR count). The molecule has 1 fully saturated rings. The minimum atomic E-state index is 0.840. The van der Waals surface area contributed by atoms with Crippen LogP contribution in [0.25, 0.3) is 0 Å². The number of nitrogens with one attached hydrogen (secondary N) is 1. The predicted molar refractivity (Wildman–Crippen MR) is 63.7 cm³/mol. The maximum Gasteiger partial charge on any atom is 0.183 e. The molecule has 1 saturated heterocycles. The molecule has 2 nitrogen and oxygen atoms in total. The number of rotatable bonds is 3. The van der Waals surface area contributed by atoms with E-state index in [9.17, 15) is 0 Å². The summed E-state index contributed by atoms with van der Waals surface area (Å²) in [4.78, 5) is 4.29. The topological polar surface area (TPSA) is 24.9 Å². The van der Waals surface area contributed by atoms with E-state index in [-0.39, 0.29) is 0 Å². The lowest BCUT2D eigenvalue weighted by Gasteiger charge is -2.07. The van der Waals surface area contributed by atoms with Gasteiger partial charge in [-0.1, -0.05) is 0 Å². The molecule has 0 aromatic carbocycles. The lowest BCUT2D eigenvalue weighted by Crippen LogP contribution is -2.13. The van der Waals surface area contributed by atoms with Crippen LogP contribution in [0.5, 0.6) is 0 Å². The second-order valence-corrected chi connectivity index (χ2v) is 5.91. The third-order valence-electron chi connectivity index (χ3n) is 2.04. The van der Waals surface area contributed by atoms with E-state index >= 15 is 0 Å². The van der Waals surface area contributed by atoms with E-state index in [0.29, 0.717) is 0 Å². The van der Waals surface area contributed by atoms with Crippen LogP contribution in [-0.4, -0.2) is 23.0 Å². The third kappa shape index (κ3) is 2.86. The van der Waals surface area contributed by atoms with Crippen LogP contribution in [0.2, 0.25) is 0 Å². The monoisotopic (exact) mass is 278 g/mol. The molecule has 1 aromatic rings. The van der Waals surface area contributed by atoms with E-state index < -0.39 is 0 Å². The fourth-order valence-electron chi connectivity index (χ4n) is 1.31. The summed E-state index contributed by atoms with van der Waals surface area (Å²) in [6.07, 6.45) is 1.35. The molecule has 13 heavy (non-hydrogen) atoms. The van der Waals surface area contributed by atoms with Crippen LogP contribution in [0.3, 0.4) is 0 Å². The van der Waals surface area contributed by atoms with Crippen LogP contribution < -0.4 is 5.32 Å². The van der Waals surface area contributed by atoms with Crippen LogP contribution in [-0.2, 0) is 0 Å². The lowest BCUT2D eigenvalue weighted by molar-refractivity contribution is 0.631. The van der Waals surface area contributed by atoms with Gasteiger partial charge in [0.15, 0.2) is 5.13 Å². The molecule has 5 heteroatoms. The molecule has 2 heterocycles. The highest BCUT2D eigenvalue weighted by molar-refractivity contribution is 9.10. The summed E-state index contributed by atoms with van der Waals surface area (Å²) in [6.45, 7) is 1.08. The second-order valence-electron chi connectivity index (χ2n) is 3.09. The molecule has 0 amide bonds. The summed E-state index contributed by atoms with van der Waals surface area (Å²) in [5, 5.41) is 6.41. The quantitative estimate of drug-likeness (QED) is 0.920. The number of hydrogen-bond acceptors (Lipinski definition) is 4. The number of nitrogens with zero attached hydrogens (tertiary/aromatic N) is 1. The van der Waals surface area contributed by atoms with Gasteiger partial charge >= 0.3 is 0 Å². The van der Waals surface area contributed by atoms with Crippen LogP contribution in [0.4, 0.5) is 5.13 Å². The Morgan fingerprint density at radius 3 is 3.23 bits per heavy atom. The Morgan fingerprint density at radius 2 is 2.62 bits per heavy atom. The Balaban J connectivity index is 1.78. The van der Waals surface area contributed by atoms with Crippen molar-refractivity contribution in [2.75, 3.05) is 23.4 Å². The van der Waals surface area contributed by atoms with E-state index in [1.807, 2.05) is 5.38 Å². The maximum absolute atomic E-state index is 4.29. The Morgan fingerprint density at radius 1 is 1.69 bits per heavy atom. The van der Waals surface area contributed by atoms with Gasteiger partial charge in [0.05, 0.1) is 0 Å². The number of anilines is 1. The number of aromatic nitrogens is 1. The van der Waals surface area contributed by atoms with Gasteiger partial charge in [0.25, 0.3) is 0 Å². The van der Waals surface area contributed by atoms with Crippen molar-refractivity contribution in [2.45, 2.75) is 6.42 Å². The van der Waals surface area contributed by atoms with Crippen molar-refractivity contribution in [3.8, 4) is 0 Å². The highest BCUT2D eigenvalue weighted by Gasteiger charge is 2.15. The van der Waals surface area contributed by atoms with Gasteiger partial charge in [-0.05, 0) is 39.8 Å². The van der Waals surface area contributed by atoms with Crippen molar-refractivity contribution in [1.29, 1.82) is 0 Å². The summed E-state index contributed by atoms with van der Waals surface area (Å²) in [5.41, 5.74) is 0. The molecule has 1 atom stereocenters. The second kappa shape index (κ2) is 4.66. The lowest BCUT2D eigenvalue weighted by atomic mass is 10.1. The Kier molecular flexibility index (Phi) is 3.51. The smallest absolute Gasteiger partial charge is 0.183 e. The minimum Gasteiger partial charge on any atom is -0.361 e. The molecule has 72 valence electrons. The van der Waals surface area contributed by atoms with Crippen molar-refractivity contribution in [3.05, 3.63) is 9.98 Å². The summed E-state index contributed by atoms with van der Waals surface area (Å²) < 4.78 is 0.931. The van der Waals surface area contributed by atoms with E-state index in [1.54, 1.807) is 11.3 Å². The first-order valence-corrected chi connectivity index (χ1v) is 7.10. The van der Waals surface area contributed by atoms with E-state index in [4.69, 9.17) is 0 Å². The minimum absolute atomic E-state index is 0.840. The molecule has 1 unspecified atom stereocenters. The van der Waals surface area contributed by atoms with Crippen molar-refractivity contribution in [1.82, 2.24) is 4.98 Å². The standard InChI is InChI=1S/C8H11BrN2S2/c9-7-5-13-8(11-7)10-3-6-1-2-12-4-6/h5-6H,1-4H2,(H,10,11). The van der Waals surface area contributed by atoms with Gasteiger partial charge in [-0.2, -0.15) is 11.8 Å². The number of halogens is 1. The Hall–Kier alpha value is 0.260. The molecular formula is C8H11BrN2S2.